The van der Waals surface area contributed by atoms with Gasteiger partial charge in [0.2, 0.25) is 0 Å². The van der Waals surface area contributed by atoms with Crippen LogP contribution in [0.4, 0.5) is 5.69 Å². The summed E-state index contributed by atoms with van der Waals surface area (Å²) in [6.07, 6.45) is 1.41. The minimum absolute atomic E-state index is 0.454. The van der Waals surface area contributed by atoms with Crippen LogP contribution in [0.15, 0.2) is 39.5 Å². The van der Waals surface area contributed by atoms with Gasteiger partial charge in [0.25, 0.3) is 0 Å². The molecule has 0 spiro atoms. The number of para-hydroxylation sites is 1. The van der Waals surface area contributed by atoms with Crippen LogP contribution in [0.2, 0.25) is 0 Å². The van der Waals surface area contributed by atoms with Gasteiger partial charge in [-0.3, -0.25) is 0 Å². The summed E-state index contributed by atoms with van der Waals surface area (Å²) in [5.41, 5.74) is 0.683. The number of nitrogens with zero attached hydrogens (tertiary/aromatic N) is 1. The maximum Gasteiger partial charge on any atom is 0.338 e. The number of hydrogen-bond donors (Lipinski definition) is 1. The van der Waals surface area contributed by atoms with Crippen molar-refractivity contribution in [2.45, 2.75) is 18.9 Å². The highest BCUT2D eigenvalue weighted by molar-refractivity contribution is 5.92. The lowest BCUT2D eigenvalue weighted by molar-refractivity contribution is -0.138. The number of carbonyl (C=O) groups is 1. The molecule has 5 heteroatoms. The molecule has 0 radical (unpaired) electrons. The van der Waals surface area contributed by atoms with E-state index >= 15 is 0 Å². The summed E-state index contributed by atoms with van der Waals surface area (Å²) in [7, 11) is 0. The van der Waals surface area contributed by atoms with Gasteiger partial charge in [0.1, 0.15) is 11.6 Å². The number of rotatable bonds is 2. The number of fused-ring (bicyclic) bond motifs is 1. The topological polar surface area (TPSA) is 70.8 Å². The lowest BCUT2D eigenvalue weighted by Gasteiger charge is -2.24. The summed E-state index contributed by atoms with van der Waals surface area (Å²) in [4.78, 5) is 24.6. The molecule has 19 heavy (non-hydrogen) atoms. The van der Waals surface area contributed by atoms with Crippen molar-refractivity contribution in [3.63, 3.8) is 0 Å². The van der Waals surface area contributed by atoms with Crippen LogP contribution in [-0.2, 0) is 4.79 Å². The van der Waals surface area contributed by atoms with Gasteiger partial charge < -0.3 is 14.4 Å². The quantitative estimate of drug-likeness (QED) is 0.833. The van der Waals surface area contributed by atoms with Crippen LogP contribution >= 0.6 is 0 Å². The van der Waals surface area contributed by atoms with Gasteiger partial charge in [0, 0.05) is 18.0 Å². The Morgan fingerprint density at radius 3 is 2.95 bits per heavy atom. The van der Waals surface area contributed by atoms with Crippen LogP contribution in [0.25, 0.3) is 11.0 Å². The summed E-state index contributed by atoms with van der Waals surface area (Å²) >= 11 is 0. The van der Waals surface area contributed by atoms with Crippen molar-refractivity contribution < 1.29 is 14.3 Å². The fraction of sp³-hybridized carbons (Fsp3) is 0.286. The molecule has 1 aliphatic rings. The van der Waals surface area contributed by atoms with Gasteiger partial charge in [-0.15, -0.1) is 0 Å². The number of benzene rings is 1. The maximum absolute atomic E-state index is 11.6. The van der Waals surface area contributed by atoms with E-state index in [0.717, 1.165) is 11.8 Å². The molecule has 1 aromatic heterocycles. The molecular formula is C14H13NO4. The highest BCUT2D eigenvalue weighted by Gasteiger charge is 2.31. The van der Waals surface area contributed by atoms with E-state index in [2.05, 4.69) is 0 Å². The van der Waals surface area contributed by atoms with Crippen LogP contribution in [0.1, 0.15) is 12.8 Å². The van der Waals surface area contributed by atoms with Gasteiger partial charge in [0.05, 0.1) is 5.69 Å². The highest BCUT2D eigenvalue weighted by atomic mass is 16.4. The van der Waals surface area contributed by atoms with Crippen LogP contribution in [0.3, 0.4) is 0 Å². The Labute approximate surface area is 109 Å². The van der Waals surface area contributed by atoms with Crippen molar-refractivity contribution in [2.75, 3.05) is 11.4 Å². The zero-order valence-corrected chi connectivity index (χ0v) is 10.2. The maximum atomic E-state index is 11.6. The smallest absolute Gasteiger partial charge is 0.338 e. The monoisotopic (exact) mass is 259 g/mol. The second-order valence-corrected chi connectivity index (χ2v) is 4.64. The molecule has 1 saturated heterocycles. The first-order chi connectivity index (χ1) is 9.16. The van der Waals surface area contributed by atoms with Gasteiger partial charge >= 0.3 is 11.6 Å². The van der Waals surface area contributed by atoms with Crippen molar-refractivity contribution in [1.29, 1.82) is 0 Å². The molecule has 1 fully saturated rings. The number of aliphatic carboxylic acids is 1. The van der Waals surface area contributed by atoms with E-state index in [9.17, 15) is 14.7 Å². The molecule has 1 N–H and O–H groups in total. The third-order valence-electron chi connectivity index (χ3n) is 3.48. The van der Waals surface area contributed by atoms with E-state index < -0.39 is 17.6 Å². The number of carboxylic acid groups (broad SMARTS) is 1. The predicted octanol–water partition coefficient (Wildman–Crippen LogP) is 1.85. The van der Waals surface area contributed by atoms with E-state index in [-0.39, 0.29) is 0 Å². The van der Waals surface area contributed by atoms with Crippen molar-refractivity contribution in [2.24, 2.45) is 0 Å². The Balaban J connectivity index is 2.19. The van der Waals surface area contributed by atoms with Gasteiger partial charge in [-0.05, 0) is 25.0 Å². The SMILES string of the molecule is O=C(O)[C@@H]1CCCN1c1cc(=O)oc2ccccc12. The van der Waals surface area contributed by atoms with Crippen molar-refractivity contribution in [1.82, 2.24) is 0 Å². The summed E-state index contributed by atoms with van der Waals surface area (Å²) in [5, 5.41) is 10.0. The van der Waals surface area contributed by atoms with Gasteiger partial charge in [-0.2, -0.15) is 0 Å². The third kappa shape index (κ3) is 1.97. The van der Waals surface area contributed by atoms with E-state index in [1.165, 1.54) is 6.07 Å². The number of anilines is 1. The summed E-state index contributed by atoms with van der Waals surface area (Å²) in [5.74, 6) is -0.852. The highest BCUT2D eigenvalue weighted by Crippen LogP contribution is 2.31. The first kappa shape index (κ1) is 11.8. The van der Waals surface area contributed by atoms with Gasteiger partial charge in [-0.25, -0.2) is 9.59 Å². The van der Waals surface area contributed by atoms with E-state index in [1.807, 2.05) is 12.1 Å². The number of carboxylic acids is 1. The molecule has 0 saturated carbocycles. The number of hydrogen-bond acceptors (Lipinski definition) is 4. The van der Waals surface area contributed by atoms with E-state index in [1.54, 1.807) is 17.0 Å². The Kier molecular flexibility index (Phi) is 2.74. The molecule has 98 valence electrons. The van der Waals surface area contributed by atoms with Crippen molar-refractivity contribution in [3.05, 3.63) is 40.8 Å². The Bertz CT molecular complexity index is 691. The van der Waals surface area contributed by atoms with Gasteiger partial charge in [0.15, 0.2) is 0 Å². The lowest BCUT2D eigenvalue weighted by Crippen LogP contribution is -2.36. The summed E-state index contributed by atoms with van der Waals surface area (Å²) in [6, 6.07) is 8.00. The molecule has 1 aliphatic heterocycles. The zero-order chi connectivity index (χ0) is 13.4. The predicted molar refractivity (Wildman–Crippen MR) is 70.5 cm³/mol. The van der Waals surface area contributed by atoms with Crippen LogP contribution in [0, 0.1) is 0 Å². The molecule has 0 bridgehead atoms. The standard InChI is InChI=1S/C14H13NO4/c16-13-8-11(9-4-1-2-6-12(9)19-13)15-7-3-5-10(15)14(17)18/h1-2,4,6,8,10H,3,5,7H2,(H,17,18)/t10-/m0/s1. The second kappa shape index (κ2) is 4.42. The van der Waals surface area contributed by atoms with E-state index in [4.69, 9.17) is 4.42 Å². The molecular weight excluding hydrogens is 246 g/mol. The Morgan fingerprint density at radius 2 is 2.16 bits per heavy atom. The molecule has 0 unspecified atom stereocenters. The van der Waals surface area contributed by atoms with Crippen LogP contribution in [-0.4, -0.2) is 23.7 Å². The minimum Gasteiger partial charge on any atom is -0.480 e. The Morgan fingerprint density at radius 1 is 1.37 bits per heavy atom. The fourth-order valence-electron chi connectivity index (χ4n) is 2.64. The molecule has 0 aliphatic carbocycles. The van der Waals surface area contributed by atoms with Crippen LogP contribution in [0.5, 0.6) is 0 Å². The average Bonchev–Trinajstić information content (AvgIpc) is 2.86. The third-order valence-corrected chi connectivity index (χ3v) is 3.48. The molecule has 2 heterocycles. The minimum atomic E-state index is -0.852. The first-order valence-corrected chi connectivity index (χ1v) is 6.19. The largest absolute Gasteiger partial charge is 0.480 e. The van der Waals surface area contributed by atoms with Crippen molar-refractivity contribution >= 4 is 22.6 Å². The Hall–Kier alpha value is -2.30. The molecule has 3 rings (SSSR count). The summed E-state index contributed by atoms with van der Waals surface area (Å²) < 4.78 is 5.13. The van der Waals surface area contributed by atoms with Crippen molar-refractivity contribution in [3.8, 4) is 0 Å². The zero-order valence-electron chi connectivity index (χ0n) is 10.2. The fourth-order valence-corrected chi connectivity index (χ4v) is 2.64. The lowest BCUT2D eigenvalue weighted by atomic mass is 10.1. The molecule has 2 aromatic rings. The summed E-state index contributed by atoms with van der Waals surface area (Å²) in [6.45, 7) is 0.643. The first-order valence-electron chi connectivity index (χ1n) is 6.19. The normalized spacial score (nSPS) is 18.9. The molecule has 0 amide bonds. The molecule has 1 aromatic carbocycles. The molecule has 5 nitrogen and oxygen atoms in total. The molecule has 1 atom stereocenters. The van der Waals surface area contributed by atoms with Gasteiger partial charge in [-0.1, -0.05) is 12.1 Å². The average molecular weight is 259 g/mol. The van der Waals surface area contributed by atoms with Crippen LogP contribution < -0.4 is 10.5 Å². The second-order valence-electron chi connectivity index (χ2n) is 4.64. The van der Waals surface area contributed by atoms with E-state index in [0.29, 0.717) is 24.2 Å².